The number of urea groups is 1. The number of nitrogens with two attached hydrogens (primary N) is 2. The van der Waals surface area contributed by atoms with Crippen LogP contribution in [0.2, 0.25) is 0 Å². The number of amides is 2. The molecule has 0 unspecified atom stereocenters. The summed E-state index contributed by atoms with van der Waals surface area (Å²) >= 11 is 0. The number of carbonyl (C=O) groups excluding carboxylic acids is 1. The first kappa shape index (κ1) is 13.8. The maximum Gasteiger partial charge on any atom is 0.327 e. The molecule has 0 aromatic heterocycles. The van der Waals surface area contributed by atoms with Gasteiger partial charge in [0.05, 0.1) is 6.61 Å². The first-order valence-electron chi connectivity index (χ1n) is 5.49. The average molecular weight is 276 g/mol. The fourth-order valence-corrected chi connectivity index (χ4v) is 1.97. The lowest BCUT2D eigenvalue weighted by Crippen LogP contribution is -2.66. The van der Waals surface area contributed by atoms with Gasteiger partial charge in [-0.15, -0.1) is 5.10 Å². The standard InChI is InChI=1S/C8H16N6O5/c9-12-7-11-8(18)13(2-14(7)10)6-5(17)4(16)3(1-15)19-6/h3-6,15-17H,1-2,9-10H2,(H,11,12,18)/t3-,4-,5-,6-/m1/s1. The van der Waals surface area contributed by atoms with Crippen molar-refractivity contribution in [2.24, 2.45) is 16.8 Å². The van der Waals surface area contributed by atoms with Gasteiger partial charge in [-0.1, -0.05) is 0 Å². The third-order valence-corrected chi connectivity index (χ3v) is 3.00. The summed E-state index contributed by atoms with van der Waals surface area (Å²) in [4.78, 5) is 12.9. The Morgan fingerprint density at radius 2 is 2.16 bits per heavy atom. The SMILES string of the molecule is NN=C1NC(=O)N([C@@H]2O[C@H](CO)[C@@H](O)[C@H]2O)CN1N. The van der Waals surface area contributed by atoms with Crippen LogP contribution in [-0.4, -0.2) is 75.0 Å². The number of hydrazine groups is 1. The van der Waals surface area contributed by atoms with E-state index in [9.17, 15) is 15.0 Å². The second-order valence-corrected chi connectivity index (χ2v) is 4.19. The van der Waals surface area contributed by atoms with E-state index in [1.165, 1.54) is 0 Å². The molecule has 8 N–H and O–H groups in total. The lowest BCUT2D eigenvalue weighted by molar-refractivity contribution is -0.0901. The molecule has 0 radical (unpaired) electrons. The first-order valence-corrected chi connectivity index (χ1v) is 5.49. The highest BCUT2D eigenvalue weighted by Gasteiger charge is 2.48. The van der Waals surface area contributed by atoms with Crippen molar-refractivity contribution in [1.82, 2.24) is 15.2 Å². The van der Waals surface area contributed by atoms with E-state index < -0.39 is 37.2 Å². The number of hydrazone groups is 1. The quantitative estimate of drug-likeness (QED) is 0.218. The normalized spacial score (nSPS) is 37.9. The van der Waals surface area contributed by atoms with Crippen LogP contribution >= 0.6 is 0 Å². The summed E-state index contributed by atoms with van der Waals surface area (Å²) in [5, 5.41) is 35.0. The van der Waals surface area contributed by atoms with E-state index in [1.807, 2.05) is 0 Å². The van der Waals surface area contributed by atoms with Crippen LogP contribution in [0.4, 0.5) is 4.79 Å². The maximum atomic E-state index is 11.8. The molecule has 0 aromatic rings. The average Bonchev–Trinajstić information content (AvgIpc) is 2.68. The molecule has 19 heavy (non-hydrogen) atoms. The van der Waals surface area contributed by atoms with Crippen molar-refractivity contribution in [3.8, 4) is 0 Å². The summed E-state index contributed by atoms with van der Waals surface area (Å²) in [6, 6.07) is -0.638. The predicted molar refractivity (Wildman–Crippen MR) is 60.6 cm³/mol. The Bertz CT molecular complexity index is 392. The van der Waals surface area contributed by atoms with Gasteiger partial charge in [0, 0.05) is 0 Å². The number of guanidine groups is 1. The van der Waals surface area contributed by atoms with Crippen LogP contribution in [0, 0.1) is 0 Å². The minimum absolute atomic E-state index is 0.0343. The largest absolute Gasteiger partial charge is 0.394 e. The first-order chi connectivity index (χ1) is 8.99. The molecule has 0 aliphatic carbocycles. The van der Waals surface area contributed by atoms with Crippen LogP contribution in [0.15, 0.2) is 5.10 Å². The Balaban J connectivity index is 2.12. The van der Waals surface area contributed by atoms with Crippen molar-refractivity contribution in [3.63, 3.8) is 0 Å². The van der Waals surface area contributed by atoms with E-state index in [1.54, 1.807) is 0 Å². The highest BCUT2D eigenvalue weighted by atomic mass is 16.6. The summed E-state index contributed by atoms with van der Waals surface area (Å²) in [6.45, 7) is -0.625. The number of nitrogens with one attached hydrogen (secondary N) is 1. The van der Waals surface area contributed by atoms with E-state index >= 15 is 0 Å². The van der Waals surface area contributed by atoms with Gasteiger partial charge in [0.15, 0.2) is 6.23 Å². The van der Waals surface area contributed by atoms with Gasteiger partial charge in [-0.2, -0.15) is 0 Å². The van der Waals surface area contributed by atoms with Crippen molar-refractivity contribution in [1.29, 1.82) is 0 Å². The molecule has 2 saturated heterocycles. The monoisotopic (exact) mass is 276 g/mol. The fraction of sp³-hybridized carbons (Fsp3) is 0.750. The van der Waals surface area contributed by atoms with Crippen LogP contribution in [-0.2, 0) is 4.74 Å². The van der Waals surface area contributed by atoms with Crippen molar-refractivity contribution in [3.05, 3.63) is 0 Å². The number of hydrogen-bond donors (Lipinski definition) is 6. The lowest BCUT2D eigenvalue weighted by atomic mass is 10.1. The summed E-state index contributed by atoms with van der Waals surface area (Å²) in [5.41, 5.74) is 0. The molecule has 2 fully saturated rings. The molecule has 0 aromatic carbocycles. The summed E-state index contributed by atoms with van der Waals surface area (Å²) < 4.78 is 5.22. The van der Waals surface area contributed by atoms with Crippen molar-refractivity contribution >= 4 is 12.0 Å². The summed E-state index contributed by atoms with van der Waals surface area (Å²) in [5.74, 6) is 10.6. The van der Waals surface area contributed by atoms with Gasteiger partial charge in [0.2, 0.25) is 5.96 Å². The van der Waals surface area contributed by atoms with Crippen LogP contribution in [0.5, 0.6) is 0 Å². The van der Waals surface area contributed by atoms with E-state index in [0.29, 0.717) is 0 Å². The van der Waals surface area contributed by atoms with Gasteiger partial charge in [-0.25, -0.2) is 10.6 Å². The van der Waals surface area contributed by atoms with Crippen LogP contribution < -0.4 is 17.0 Å². The Labute approximate surface area is 108 Å². The Morgan fingerprint density at radius 3 is 2.68 bits per heavy atom. The summed E-state index contributed by atoms with van der Waals surface area (Å²) in [6.07, 6.45) is -4.74. The highest BCUT2D eigenvalue weighted by Crippen LogP contribution is 2.24. The van der Waals surface area contributed by atoms with Gasteiger partial charge >= 0.3 is 6.03 Å². The number of hydrogen-bond acceptors (Lipinski definition) is 8. The van der Waals surface area contributed by atoms with E-state index in [4.69, 9.17) is 21.5 Å². The Hall–Kier alpha value is -1.66. The minimum atomic E-state index is -1.35. The zero-order valence-corrected chi connectivity index (χ0v) is 9.88. The van der Waals surface area contributed by atoms with E-state index in [-0.39, 0.29) is 12.6 Å². The summed E-state index contributed by atoms with van der Waals surface area (Å²) in [7, 11) is 0. The van der Waals surface area contributed by atoms with Crippen LogP contribution in [0.1, 0.15) is 0 Å². The number of ether oxygens (including phenoxy) is 1. The zero-order valence-electron chi connectivity index (χ0n) is 9.88. The molecule has 108 valence electrons. The molecule has 0 saturated carbocycles. The van der Waals surface area contributed by atoms with Crippen molar-refractivity contribution in [2.75, 3.05) is 13.3 Å². The number of carbonyl (C=O) groups is 1. The molecule has 11 nitrogen and oxygen atoms in total. The molecule has 11 heteroatoms. The second-order valence-electron chi connectivity index (χ2n) is 4.19. The van der Waals surface area contributed by atoms with Gasteiger partial charge in [-0.3, -0.25) is 15.2 Å². The molecule has 2 aliphatic heterocycles. The molecular weight excluding hydrogens is 260 g/mol. The minimum Gasteiger partial charge on any atom is -0.394 e. The molecule has 4 atom stereocenters. The van der Waals surface area contributed by atoms with Gasteiger partial charge in [0.25, 0.3) is 0 Å². The molecule has 2 heterocycles. The van der Waals surface area contributed by atoms with Crippen LogP contribution in [0.25, 0.3) is 0 Å². The molecule has 2 aliphatic rings. The predicted octanol–water partition coefficient (Wildman–Crippen LogP) is -4.19. The number of nitrogens with zero attached hydrogens (tertiary/aromatic N) is 3. The Morgan fingerprint density at radius 1 is 1.47 bits per heavy atom. The number of aliphatic hydroxyl groups excluding tert-OH is 3. The third kappa shape index (κ3) is 2.29. The Kier molecular flexibility index (Phi) is 3.73. The zero-order chi connectivity index (χ0) is 14.2. The topological polar surface area (TPSA) is 170 Å². The fourth-order valence-electron chi connectivity index (χ4n) is 1.97. The second kappa shape index (κ2) is 5.14. The van der Waals surface area contributed by atoms with E-state index in [0.717, 1.165) is 9.91 Å². The molecule has 0 bridgehead atoms. The lowest BCUT2D eigenvalue weighted by Gasteiger charge is -2.38. The number of rotatable bonds is 2. The molecule has 2 amide bonds. The van der Waals surface area contributed by atoms with Gasteiger partial charge in [-0.05, 0) is 0 Å². The molecule has 0 spiro atoms. The number of aliphatic hydroxyl groups is 3. The smallest absolute Gasteiger partial charge is 0.327 e. The van der Waals surface area contributed by atoms with Gasteiger partial charge < -0.3 is 25.9 Å². The van der Waals surface area contributed by atoms with Crippen LogP contribution in [0.3, 0.4) is 0 Å². The maximum absolute atomic E-state index is 11.8. The van der Waals surface area contributed by atoms with Gasteiger partial charge in [0.1, 0.15) is 25.0 Å². The molecular formula is C8H16N6O5. The van der Waals surface area contributed by atoms with Crippen molar-refractivity contribution < 1.29 is 24.9 Å². The van der Waals surface area contributed by atoms with Crippen molar-refractivity contribution in [2.45, 2.75) is 24.5 Å². The highest BCUT2D eigenvalue weighted by molar-refractivity contribution is 5.97. The van der Waals surface area contributed by atoms with E-state index in [2.05, 4.69) is 10.4 Å². The molecule has 2 rings (SSSR count). The third-order valence-electron chi connectivity index (χ3n) is 3.00.